The highest BCUT2D eigenvalue weighted by molar-refractivity contribution is 5.76. The van der Waals surface area contributed by atoms with Crippen LogP contribution < -0.4 is 5.32 Å². The Hall–Kier alpha value is -2.37. The van der Waals surface area contributed by atoms with E-state index in [4.69, 9.17) is 9.47 Å². The molecule has 62 heavy (non-hydrogen) atoms. The third kappa shape index (κ3) is 32.3. The van der Waals surface area contributed by atoms with E-state index >= 15 is 0 Å². The van der Waals surface area contributed by atoms with Gasteiger partial charge in [-0.25, -0.2) is 0 Å². The maximum atomic E-state index is 12.8. The molecule has 0 aliphatic carbocycles. The molecule has 9 nitrogen and oxygen atoms in total. The molecular weight excluding hydrogens is 779 g/mol. The minimum absolute atomic E-state index is 0.187. The second kappa shape index (κ2) is 42.6. The molecule has 1 fully saturated rings. The van der Waals surface area contributed by atoms with Gasteiger partial charge in [0.15, 0.2) is 6.29 Å². The Kier molecular flexibility index (Phi) is 39.6. The van der Waals surface area contributed by atoms with Crippen molar-refractivity contribution in [2.45, 2.75) is 243 Å². The Morgan fingerprint density at radius 2 is 1.00 bits per heavy atom. The summed E-state index contributed by atoms with van der Waals surface area (Å²) in [7, 11) is 0. The lowest BCUT2D eigenvalue weighted by Crippen LogP contribution is -2.60. The molecule has 7 unspecified atom stereocenters. The molecule has 1 saturated heterocycles. The number of ether oxygens (including phenoxy) is 2. The van der Waals surface area contributed by atoms with Gasteiger partial charge in [-0.3, -0.25) is 4.79 Å². The summed E-state index contributed by atoms with van der Waals surface area (Å²) in [4.78, 5) is 12.8. The standard InChI is InChI=1S/C53H93NO8/c1-3-5-7-9-10-11-12-13-14-15-16-17-18-19-20-21-22-23-24-25-26-27-28-29-30-31-32-33-34-35-36-37-38-39-41-43-49(57)54-46(47(56)42-40-8-6-4-2)45-61-53-52(60)51(59)50(58)48(44-55)62-53/h5,7,10-11,13-14,16-17,19-20,40,42,46-48,50-53,55-56,58-60H,3-4,6,8-9,12,15,18,21-39,41,43-45H2,1-2H3,(H,54,57)/b7-5-,11-10-,14-13-,17-16-,20-19-,42-40+. The topological polar surface area (TPSA) is 149 Å². The molecule has 0 aromatic heterocycles. The Bertz CT molecular complexity index is 1200. The van der Waals surface area contributed by atoms with Gasteiger partial charge in [-0.15, -0.1) is 0 Å². The summed E-state index contributed by atoms with van der Waals surface area (Å²) in [6.45, 7) is 3.50. The fourth-order valence-electron chi connectivity index (χ4n) is 7.52. The summed E-state index contributed by atoms with van der Waals surface area (Å²) in [6.07, 6.45) is 52.0. The van der Waals surface area contributed by atoms with E-state index in [0.717, 1.165) is 70.6 Å². The molecule has 0 bridgehead atoms. The van der Waals surface area contributed by atoms with Crippen LogP contribution >= 0.6 is 0 Å². The number of unbranched alkanes of at least 4 members (excludes halogenated alkanes) is 21. The average Bonchev–Trinajstić information content (AvgIpc) is 3.27. The van der Waals surface area contributed by atoms with Crippen molar-refractivity contribution in [2.75, 3.05) is 13.2 Å². The van der Waals surface area contributed by atoms with Crippen LogP contribution in [-0.2, 0) is 14.3 Å². The molecule has 7 atom stereocenters. The van der Waals surface area contributed by atoms with E-state index < -0.39 is 49.5 Å². The lowest BCUT2D eigenvalue weighted by molar-refractivity contribution is -0.302. The first-order chi connectivity index (χ1) is 30.3. The number of carbonyl (C=O) groups is 1. The summed E-state index contributed by atoms with van der Waals surface area (Å²) in [6, 6.07) is -0.801. The van der Waals surface area contributed by atoms with E-state index in [1.165, 1.54) is 109 Å². The number of aliphatic hydroxyl groups is 5. The molecule has 0 radical (unpaired) electrons. The molecule has 1 amide bonds. The Labute approximate surface area is 378 Å². The molecule has 0 aromatic rings. The van der Waals surface area contributed by atoms with Crippen molar-refractivity contribution in [3.05, 3.63) is 72.9 Å². The van der Waals surface area contributed by atoms with Crippen molar-refractivity contribution in [3.8, 4) is 0 Å². The SMILES string of the molecule is CC/C=C\C/C=C\C/C=C\C/C=C\C/C=C\CCCCCCCCCCCCCCCCCCCCCC(=O)NC(COC1OC(CO)C(O)C(O)C1O)C(O)/C=C/CCCC. The van der Waals surface area contributed by atoms with Gasteiger partial charge in [0, 0.05) is 6.42 Å². The molecule has 6 N–H and O–H groups in total. The predicted molar refractivity (Wildman–Crippen MR) is 258 cm³/mol. The Balaban J connectivity index is 1.98. The highest BCUT2D eigenvalue weighted by atomic mass is 16.7. The molecule has 9 heteroatoms. The molecule has 0 saturated carbocycles. The van der Waals surface area contributed by atoms with Crippen molar-refractivity contribution in [1.82, 2.24) is 5.32 Å². The first kappa shape index (κ1) is 57.6. The van der Waals surface area contributed by atoms with E-state index in [2.05, 4.69) is 79.9 Å². The largest absolute Gasteiger partial charge is 0.394 e. The van der Waals surface area contributed by atoms with Crippen LogP contribution in [0.1, 0.15) is 200 Å². The van der Waals surface area contributed by atoms with Crippen LogP contribution in [0.4, 0.5) is 0 Å². The van der Waals surface area contributed by atoms with E-state index in [1.807, 2.05) is 6.08 Å². The van der Waals surface area contributed by atoms with Gasteiger partial charge < -0.3 is 40.3 Å². The quantitative estimate of drug-likeness (QED) is 0.0263. The van der Waals surface area contributed by atoms with Gasteiger partial charge in [0.1, 0.15) is 24.4 Å². The minimum atomic E-state index is -1.56. The average molecular weight is 872 g/mol. The van der Waals surface area contributed by atoms with Crippen LogP contribution in [0.3, 0.4) is 0 Å². The summed E-state index contributed by atoms with van der Waals surface area (Å²) in [5, 5.41) is 53.6. The number of allylic oxidation sites excluding steroid dienone is 11. The summed E-state index contributed by atoms with van der Waals surface area (Å²) < 4.78 is 11.1. The van der Waals surface area contributed by atoms with Crippen LogP contribution in [0.5, 0.6) is 0 Å². The molecular formula is C53H93NO8. The maximum absolute atomic E-state index is 12.8. The van der Waals surface area contributed by atoms with E-state index in [9.17, 15) is 30.3 Å². The predicted octanol–water partition coefficient (Wildman–Crippen LogP) is 11.3. The normalized spacial score (nSPS) is 20.9. The number of amides is 1. The van der Waals surface area contributed by atoms with Crippen LogP contribution in [0.15, 0.2) is 72.9 Å². The third-order valence-electron chi connectivity index (χ3n) is 11.5. The fraction of sp³-hybridized carbons (Fsp3) is 0.755. The van der Waals surface area contributed by atoms with Gasteiger partial charge in [0.2, 0.25) is 5.91 Å². The molecule has 358 valence electrons. The molecule has 1 heterocycles. The number of hydrogen-bond acceptors (Lipinski definition) is 8. The highest BCUT2D eigenvalue weighted by Crippen LogP contribution is 2.23. The van der Waals surface area contributed by atoms with Crippen LogP contribution in [-0.4, -0.2) is 87.5 Å². The maximum Gasteiger partial charge on any atom is 0.220 e. The minimum Gasteiger partial charge on any atom is -0.394 e. The summed E-state index contributed by atoms with van der Waals surface area (Å²) >= 11 is 0. The number of aliphatic hydroxyl groups excluding tert-OH is 5. The molecule has 1 rings (SSSR count). The summed E-state index contributed by atoms with van der Waals surface area (Å²) in [5.41, 5.74) is 0. The fourth-order valence-corrected chi connectivity index (χ4v) is 7.52. The summed E-state index contributed by atoms with van der Waals surface area (Å²) in [5.74, 6) is -0.187. The first-order valence-electron chi connectivity index (χ1n) is 25.2. The van der Waals surface area contributed by atoms with Crippen molar-refractivity contribution in [2.24, 2.45) is 0 Å². The van der Waals surface area contributed by atoms with Crippen molar-refractivity contribution >= 4 is 5.91 Å². The van der Waals surface area contributed by atoms with E-state index in [-0.39, 0.29) is 12.5 Å². The van der Waals surface area contributed by atoms with Crippen molar-refractivity contribution in [1.29, 1.82) is 0 Å². The monoisotopic (exact) mass is 872 g/mol. The van der Waals surface area contributed by atoms with Crippen LogP contribution in [0, 0.1) is 0 Å². The first-order valence-corrected chi connectivity index (χ1v) is 25.2. The van der Waals surface area contributed by atoms with Gasteiger partial charge in [0.25, 0.3) is 0 Å². The van der Waals surface area contributed by atoms with Gasteiger partial charge >= 0.3 is 0 Å². The zero-order valence-corrected chi connectivity index (χ0v) is 39.4. The number of hydrogen-bond donors (Lipinski definition) is 6. The lowest BCUT2D eigenvalue weighted by Gasteiger charge is -2.40. The zero-order chi connectivity index (χ0) is 45.1. The van der Waals surface area contributed by atoms with Gasteiger partial charge in [-0.05, 0) is 57.8 Å². The number of rotatable bonds is 41. The second-order valence-corrected chi connectivity index (χ2v) is 17.2. The lowest BCUT2D eigenvalue weighted by atomic mass is 9.99. The van der Waals surface area contributed by atoms with Crippen LogP contribution in [0.25, 0.3) is 0 Å². The molecule has 1 aliphatic rings. The molecule has 0 aromatic carbocycles. The van der Waals surface area contributed by atoms with Crippen molar-refractivity contribution < 1.29 is 39.8 Å². The Morgan fingerprint density at radius 1 is 0.565 bits per heavy atom. The molecule has 0 spiro atoms. The van der Waals surface area contributed by atoms with Gasteiger partial charge in [0.05, 0.1) is 25.4 Å². The highest BCUT2D eigenvalue weighted by Gasteiger charge is 2.44. The van der Waals surface area contributed by atoms with Gasteiger partial charge in [-0.1, -0.05) is 209 Å². The Morgan fingerprint density at radius 3 is 1.47 bits per heavy atom. The zero-order valence-electron chi connectivity index (χ0n) is 39.4. The molecule has 1 aliphatic heterocycles. The van der Waals surface area contributed by atoms with Crippen LogP contribution in [0.2, 0.25) is 0 Å². The van der Waals surface area contributed by atoms with E-state index in [1.54, 1.807) is 6.08 Å². The number of carbonyl (C=O) groups excluding carboxylic acids is 1. The van der Waals surface area contributed by atoms with Crippen molar-refractivity contribution in [3.63, 3.8) is 0 Å². The smallest absolute Gasteiger partial charge is 0.220 e. The van der Waals surface area contributed by atoms with Gasteiger partial charge in [-0.2, -0.15) is 0 Å². The number of nitrogens with one attached hydrogen (secondary N) is 1. The van der Waals surface area contributed by atoms with E-state index in [0.29, 0.717) is 6.42 Å². The second-order valence-electron chi connectivity index (χ2n) is 17.2. The third-order valence-corrected chi connectivity index (χ3v) is 11.5.